The van der Waals surface area contributed by atoms with E-state index in [1.807, 2.05) is 61.7 Å². The van der Waals surface area contributed by atoms with Gasteiger partial charge in [0.2, 0.25) is 0 Å². The fourth-order valence-electron chi connectivity index (χ4n) is 2.76. The summed E-state index contributed by atoms with van der Waals surface area (Å²) in [6.45, 7) is 6.47. The van der Waals surface area contributed by atoms with Gasteiger partial charge in [-0.25, -0.2) is 4.79 Å². The van der Waals surface area contributed by atoms with Crippen molar-refractivity contribution in [2.45, 2.75) is 38.6 Å². The molecule has 0 aliphatic carbocycles. The Balaban J connectivity index is 1.87. The third-order valence-electron chi connectivity index (χ3n) is 4.10. The average Bonchev–Trinajstić information content (AvgIpc) is 3.11. The second-order valence-electron chi connectivity index (χ2n) is 6.71. The van der Waals surface area contributed by atoms with Gasteiger partial charge in [0.1, 0.15) is 10.7 Å². The van der Waals surface area contributed by atoms with Crippen LogP contribution >= 0.6 is 23.4 Å². The first-order chi connectivity index (χ1) is 14.4. The first kappa shape index (κ1) is 21.9. The fourth-order valence-corrected chi connectivity index (χ4v) is 3.77. The Morgan fingerprint density at radius 3 is 2.40 bits per heavy atom. The highest BCUT2D eigenvalue weighted by molar-refractivity contribution is 8.04. The number of carboxylic acids is 1. The SMILES string of the molecule is CCn1c(S/C(=C\c2ccc(OC(C)C)cc2)C(=O)O)nnc1-c1ccc(Cl)cc1. The van der Waals surface area contributed by atoms with Gasteiger partial charge in [0.25, 0.3) is 0 Å². The highest BCUT2D eigenvalue weighted by atomic mass is 35.5. The molecular weight excluding hydrogens is 422 g/mol. The van der Waals surface area contributed by atoms with Crippen molar-refractivity contribution < 1.29 is 14.6 Å². The first-order valence-corrected chi connectivity index (χ1v) is 10.7. The maximum atomic E-state index is 11.8. The Morgan fingerprint density at radius 2 is 1.83 bits per heavy atom. The molecule has 0 bridgehead atoms. The van der Waals surface area contributed by atoms with Crippen LogP contribution in [-0.4, -0.2) is 31.9 Å². The molecule has 8 heteroatoms. The van der Waals surface area contributed by atoms with E-state index in [1.165, 1.54) is 0 Å². The van der Waals surface area contributed by atoms with Gasteiger partial charge in [0, 0.05) is 17.1 Å². The van der Waals surface area contributed by atoms with Crippen LogP contribution in [0.3, 0.4) is 0 Å². The van der Waals surface area contributed by atoms with E-state index in [-0.39, 0.29) is 11.0 Å². The van der Waals surface area contributed by atoms with Crippen molar-refractivity contribution in [3.63, 3.8) is 0 Å². The van der Waals surface area contributed by atoms with E-state index in [9.17, 15) is 9.90 Å². The fraction of sp³-hybridized carbons (Fsp3) is 0.227. The van der Waals surface area contributed by atoms with Crippen LogP contribution in [0, 0.1) is 0 Å². The number of benzene rings is 2. The molecule has 0 aliphatic heterocycles. The van der Waals surface area contributed by atoms with E-state index in [4.69, 9.17) is 16.3 Å². The monoisotopic (exact) mass is 443 g/mol. The number of rotatable bonds is 8. The van der Waals surface area contributed by atoms with Crippen molar-refractivity contribution in [1.29, 1.82) is 0 Å². The molecule has 3 rings (SSSR count). The number of hydrogen-bond acceptors (Lipinski definition) is 5. The number of aromatic nitrogens is 3. The lowest BCUT2D eigenvalue weighted by Crippen LogP contribution is -2.05. The summed E-state index contributed by atoms with van der Waals surface area (Å²) >= 11 is 7.04. The van der Waals surface area contributed by atoms with Gasteiger partial charge in [-0.05, 0) is 80.6 Å². The highest BCUT2D eigenvalue weighted by Gasteiger charge is 2.18. The molecule has 3 aromatic rings. The number of halogens is 1. The Bertz CT molecular complexity index is 1040. The van der Waals surface area contributed by atoms with Gasteiger partial charge in [0.15, 0.2) is 11.0 Å². The molecule has 0 saturated heterocycles. The topological polar surface area (TPSA) is 77.2 Å². The van der Waals surface area contributed by atoms with Gasteiger partial charge in [-0.1, -0.05) is 23.7 Å². The molecule has 0 aliphatic rings. The van der Waals surface area contributed by atoms with Crippen molar-refractivity contribution in [2.75, 3.05) is 0 Å². The summed E-state index contributed by atoms with van der Waals surface area (Å²) in [5.74, 6) is 0.378. The zero-order chi connectivity index (χ0) is 21.7. The predicted molar refractivity (Wildman–Crippen MR) is 120 cm³/mol. The van der Waals surface area contributed by atoms with Gasteiger partial charge in [-0.2, -0.15) is 0 Å². The smallest absolute Gasteiger partial charge is 0.342 e. The largest absolute Gasteiger partial charge is 0.491 e. The lowest BCUT2D eigenvalue weighted by molar-refractivity contribution is -0.131. The van der Waals surface area contributed by atoms with E-state index >= 15 is 0 Å². The van der Waals surface area contributed by atoms with E-state index in [1.54, 1.807) is 18.2 Å². The Kier molecular flexibility index (Phi) is 7.18. The minimum absolute atomic E-state index is 0.0757. The summed E-state index contributed by atoms with van der Waals surface area (Å²) in [7, 11) is 0. The standard InChI is InChI=1S/C22H22ClN3O3S/c1-4-26-20(16-7-9-17(23)10-8-16)24-25-22(26)30-19(21(27)28)13-15-5-11-18(12-6-15)29-14(2)3/h5-14H,4H2,1-3H3,(H,27,28)/b19-13-. The van der Waals surface area contributed by atoms with E-state index in [2.05, 4.69) is 10.2 Å². The Hall–Kier alpha value is -2.77. The molecule has 0 saturated carbocycles. The van der Waals surface area contributed by atoms with Crippen LogP contribution in [0.4, 0.5) is 0 Å². The van der Waals surface area contributed by atoms with Crippen molar-refractivity contribution in [2.24, 2.45) is 0 Å². The summed E-state index contributed by atoms with van der Waals surface area (Å²) in [6.07, 6.45) is 1.69. The normalized spacial score (nSPS) is 11.7. The molecule has 0 fully saturated rings. The van der Waals surface area contributed by atoms with Crippen LogP contribution in [0.15, 0.2) is 58.6 Å². The van der Waals surface area contributed by atoms with Crippen LogP contribution in [0.2, 0.25) is 5.02 Å². The number of carbonyl (C=O) groups is 1. The number of thioether (sulfide) groups is 1. The molecule has 1 N–H and O–H groups in total. The summed E-state index contributed by atoms with van der Waals surface area (Å²) in [6, 6.07) is 14.6. The highest BCUT2D eigenvalue weighted by Crippen LogP contribution is 2.31. The van der Waals surface area contributed by atoms with Gasteiger partial charge in [-0.15, -0.1) is 10.2 Å². The second kappa shape index (κ2) is 9.82. The lowest BCUT2D eigenvalue weighted by atomic mass is 10.2. The first-order valence-electron chi connectivity index (χ1n) is 9.46. The predicted octanol–water partition coefficient (Wildman–Crippen LogP) is 5.62. The Labute approximate surface area is 184 Å². The maximum absolute atomic E-state index is 11.8. The van der Waals surface area contributed by atoms with Crippen LogP contribution in [0.5, 0.6) is 5.75 Å². The van der Waals surface area contributed by atoms with Gasteiger partial charge >= 0.3 is 5.97 Å². The van der Waals surface area contributed by atoms with Gasteiger partial charge in [0.05, 0.1) is 6.10 Å². The third kappa shape index (κ3) is 5.43. The number of hydrogen-bond donors (Lipinski definition) is 1. The van der Waals surface area contributed by atoms with Crippen LogP contribution in [0.1, 0.15) is 26.3 Å². The Morgan fingerprint density at radius 1 is 1.17 bits per heavy atom. The third-order valence-corrected chi connectivity index (χ3v) is 5.35. The van der Waals surface area contributed by atoms with E-state index in [0.717, 1.165) is 28.6 Å². The maximum Gasteiger partial charge on any atom is 0.342 e. The minimum atomic E-state index is -1.03. The summed E-state index contributed by atoms with van der Waals surface area (Å²) in [5.41, 5.74) is 1.62. The molecule has 2 aromatic carbocycles. The van der Waals surface area contributed by atoms with Crippen LogP contribution in [-0.2, 0) is 11.3 Å². The molecule has 6 nitrogen and oxygen atoms in total. The van der Waals surface area contributed by atoms with Gasteiger partial charge in [-0.3, -0.25) is 0 Å². The van der Waals surface area contributed by atoms with Crippen molar-refractivity contribution in [3.05, 3.63) is 64.0 Å². The van der Waals surface area contributed by atoms with E-state index in [0.29, 0.717) is 22.5 Å². The minimum Gasteiger partial charge on any atom is -0.491 e. The molecule has 30 heavy (non-hydrogen) atoms. The molecule has 0 atom stereocenters. The lowest BCUT2D eigenvalue weighted by Gasteiger charge is -2.10. The molecular formula is C22H22ClN3O3S. The molecule has 0 radical (unpaired) electrons. The zero-order valence-electron chi connectivity index (χ0n) is 16.9. The summed E-state index contributed by atoms with van der Waals surface area (Å²) in [4.78, 5) is 12.0. The number of ether oxygens (including phenoxy) is 1. The molecule has 156 valence electrons. The van der Waals surface area contributed by atoms with Crippen LogP contribution in [0.25, 0.3) is 17.5 Å². The number of aliphatic carboxylic acids is 1. The van der Waals surface area contributed by atoms with Crippen molar-refractivity contribution in [3.8, 4) is 17.1 Å². The van der Waals surface area contributed by atoms with Crippen LogP contribution < -0.4 is 4.74 Å². The quantitative estimate of drug-likeness (QED) is 0.359. The summed E-state index contributed by atoms with van der Waals surface area (Å²) < 4.78 is 7.51. The number of nitrogens with zero attached hydrogens (tertiary/aromatic N) is 3. The molecule has 1 heterocycles. The second-order valence-corrected chi connectivity index (χ2v) is 8.15. The summed E-state index contributed by atoms with van der Waals surface area (Å²) in [5, 5.41) is 19.3. The van der Waals surface area contributed by atoms with Gasteiger partial charge < -0.3 is 14.4 Å². The molecule has 0 amide bonds. The van der Waals surface area contributed by atoms with E-state index < -0.39 is 5.97 Å². The molecule has 1 aromatic heterocycles. The molecule has 0 spiro atoms. The number of carboxylic acid groups (broad SMARTS) is 1. The van der Waals surface area contributed by atoms with Crippen molar-refractivity contribution in [1.82, 2.24) is 14.8 Å². The molecule has 0 unspecified atom stereocenters. The average molecular weight is 444 g/mol. The zero-order valence-corrected chi connectivity index (χ0v) is 18.4. The van der Waals surface area contributed by atoms with Crippen molar-refractivity contribution >= 4 is 35.4 Å².